The first-order chi connectivity index (χ1) is 9.85. The summed E-state index contributed by atoms with van der Waals surface area (Å²) in [4.78, 5) is -0.0937. The van der Waals surface area contributed by atoms with E-state index in [1.165, 1.54) is 12.1 Å². The van der Waals surface area contributed by atoms with Crippen molar-refractivity contribution < 1.29 is 21.6 Å². The van der Waals surface area contributed by atoms with Crippen LogP contribution in [0.1, 0.15) is 12.5 Å². The van der Waals surface area contributed by atoms with Gasteiger partial charge in [-0.05, 0) is 36.2 Å². The molecule has 0 aliphatic rings. The maximum absolute atomic E-state index is 13.5. The normalized spacial score (nSPS) is 11.4. The molecule has 2 rings (SSSR count). The Balaban J connectivity index is 2.35. The van der Waals surface area contributed by atoms with Crippen LogP contribution in [0.2, 0.25) is 0 Å². The van der Waals surface area contributed by atoms with E-state index in [0.717, 1.165) is 18.1 Å². The van der Waals surface area contributed by atoms with Gasteiger partial charge in [-0.25, -0.2) is 21.6 Å². The Hall–Kier alpha value is -2.02. The lowest BCUT2D eigenvalue weighted by Crippen LogP contribution is -2.14. The van der Waals surface area contributed by atoms with E-state index in [-0.39, 0.29) is 4.90 Å². The predicted molar refractivity (Wildman–Crippen MR) is 72.9 cm³/mol. The van der Waals surface area contributed by atoms with E-state index in [1.54, 1.807) is 12.1 Å². The van der Waals surface area contributed by atoms with Crippen LogP contribution in [-0.4, -0.2) is 8.42 Å². The minimum atomic E-state index is -4.07. The molecule has 0 spiro atoms. The van der Waals surface area contributed by atoms with Gasteiger partial charge in [0.15, 0.2) is 17.5 Å². The van der Waals surface area contributed by atoms with Gasteiger partial charge in [-0.3, -0.25) is 4.72 Å². The molecule has 0 aliphatic heterocycles. The number of anilines is 1. The summed E-state index contributed by atoms with van der Waals surface area (Å²) in [6.07, 6.45) is 0.742. The van der Waals surface area contributed by atoms with Crippen molar-refractivity contribution in [2.45, 2.75) is 18.2 Å². The van der Waals surface area contributed by atoms with Gasteiger partial charge in [0.1, 0.15) is 0 Å². The second kappa shape index (κ2) is 5.77. The molecule has 0 aromatic heterocycles. The quantitative estimate of drug-likeness (QED) is 0.878. The number of aryl methyl sites for hydroxylation is 1. The lowest BCUT2D eigenvalue weighted by atomic mass is 10.2. The maximum atomic E-state index is 13.5. The minimum Gasteiger partial charge on any atom is -0.277 e. The van der Waals surface area contributed by atoms with Gasteiger partial charge in [-0.15, -0.1) is 0 Å². The van der Waals surface area contributed by atoms with Gasteiger partial charge in [-0.2, -0.15) is 0 Å². The highest BCUT2D eigenvalue weighted by molar-refractivity contribution is 7.92. The largest absolute Gasteiger partial charge is 0.277 e. The van der Waals surface area contributed by atoms with Crippen molar-refractivity contribution in [1.29, 1.82) is 0 Å². The zero-order valence-electron chi connectivity index (χ0n) is 11.0. The Labute approximate surface area is 120 Å². The second-order valence-electron chi connectivity index (χ2n) is 4.33. The van der Waals surface area contributed by atoms with Gasteiger partial charge in [-0.1, -0.05) is 19.1 Å². The van der Waals surface area contributed by atoms with E-state index >= 15 is 0 Å². The second-order valence-corrected chi connectivity index (χ2v) is 6.01. The molecule has 0 radical (unpaired) electrons. The van der Waals surface area contributed by atoms with Crippen LogP contribution in [-0.2, 0) is 16.4 Å². The van der Waals surface area contributed by atoms with Gasteiger partial charge >= 0.3 is 0 Å². The summed E-state index contributed by atoms with van der Waals surface area (Å²) in [7, 11) is -4.07. The molecule has 0 heterocycles. The monoisotopic (exact) mass is 315 g/mol. The zero-order valence-corrected chi connectivity index (χ0v) is 11.8. The third-order valence-corrected chi connectivity index (χ3v) is 4.30. The van der Waals surface area contributed by atoms with E-state index in [0.29, 0.717) is 6.07 Å². The third-order valence-electron chi connectivity index (χ3n) is 2.92. The molecule has 7 heteroatoms. The number of hydrogen-bond donors (Lipinski definition) is 1. The van der Waals surface area contributed by atoms with Gasteiger partial charge in [0.25, 0.3) is 10.0 Å². The molecule has 2 aromatic carbocycles. The van der Waals surface area contributed by atoms with Crippen LogP contribution in [0.15, 0.2) is 41.3 Å². The first-order valence-corrected chi connectivity index (χ1v) is 7.58. The fourth-order valence-corrected chi connectivity index (χ4v) is 2.77. The molecule has 0 saturated heterocycles. The molecular weight excluding hydrogens is 303 g/mol. The van der Waals surface area contributed by atoms with Gasteiger partial charge in [0.2, 0.25) is 0 Å². The van der Waals surface area contributed by atoms with E-state index in [9.17, 15) is 21.6 Å². The number of sulfonamides is 1. The van der Waals surface area contributed by atoms with E-state index in [4.69, 9.17) is 0 Å². The number of nitrogens with one attached hydrogen (secondary N) is 1. The fourth-order valence-electron chi connectivity index (χ4n) is 1.71. The van der Waals surface area contributed by atoms with Crippen LogP contribution in [0.4, 0.5) is 18.9 Å². The molecule has 3 nitrogen and oxygen atoms in total. The lowest BCUT2D eigenvalue weighted by molar-refractivity contribution is 0.449. The number of halogens is 3. The highest BCUT2D eigenvalue weighted by Gasteiger charge is 2.19. The molecule has 21 heavy (non-hydrogen) atoms. The van der Waals surface area contributed by atoms with Crippen molar-refractivity contribution in [3.05, 3.63) is 59.4 Å². The summed E-state index contributed by atoms with van der Waals surface area (Å²) in [5.41, 5.74) is 0.293. The molecule has 2 aromatic rings. The summed E-state index contributed by atoms with van der Waals surface area (Å²) in [5, 5.41) is 0. The van der Waals surface area contributed by atoms with Crippen LogP contribution in [0.3, 0.4) is 0 Å². The summed E-state index contributed by atoms with van der Waals surface area (Å²) in [6.45, 7) is 1.92. The first-order valence-electron chi connectivity index (χ1n) is 6.10. The highest BCUT2D eigenvalue weighted by Crippen LogP contribution is 2.23. The van der Waals surface area contributed by atoms with Crippen molar-refractivity contribution in [2.24, 2.45) is 0 Å². The third kappa shape index (κ3) is 3.18. The molecule has 0 unspecified atom stereocenters. The van der Waals surface area contributed by atoms with Crippen molar-refractivity contribution in [2.75, 3.05) is 4.72 Å². The molecule has 0 aliphatic carbocycles. The molecular formula is C14H12F3NO2S. The van der Waals surface area contributed by atoms with Crippen LogP contribution in [0.5, 0.6) is 0 Å². The van der Waals surface area contributed by atoms with Crippen molar-refractivity contribution in [3.63, 3.8) is 0 Å². The smallest absolute Gasteiger partial charge is 0.261 e. The zero-order chi connectivity index (χ0) is 15.6. The SMILES string of the molecule is CCc1ccc(S(=O)(=O)Nc2ccc(F)c(F)c2F)cc1. The Bertz CT molecular complexity index is 759. The van der Waals surface area contributed by atoms with E-state index < -0.39 is 33.2 Å². The Morgan fingerprint density at radius 1 is 0.952 bits per heavy atom. The molecule has 0 saturated carbocycles. The Kier molecular flexibility index (Phi) is 4.22. The highest BCUT2D eigenvalue weighted by atomic mass is 32.2. The van der Waals surface area contributed by atoms with Crippen LogP contribution in [0.25, 0.3) is 0 Å². The number of rotatable bonds is 4. The van der Waals surface area contributed by atoms with Gasteiger partial charge < -0.3 is 0 Å². The number of hydrogen-bond acceptors (Lipinski definition) is 2. The van der Waals surface area contributed by atoms with E-state index in [2.05, 4.69) is 0 Å². The topological polar surface area (TPSA) is 46.2 Å². The van der Waals surface area contributed by atoms with Crippen molar-refractivity contribution in [3.8, 4) is 0 Å². The summed E-state index contributed by atoms with van der Waals surface area (Å²) < 4.78 is 65.4. The standard InChI is InChI=1S/C14H12F3NO2S/c1-2-9-3-5-10(6-4-9)21(19,20)18-12-8-7-11(15)13(16)14(12)17/h3-8,18H,2H2,1H3. The molecule has 0 amide bonds. The molecule has 112 valence electrons. The van der Waals surface area contributed by atoms with Crippen LogP contribution in [0, 0.1) is 17.5 Å². The number of benzene rings is 2. The fraction of sp³-hybridized carbons (Fsp3) is 0.143. The van der Waals surface area contributed by atoms with Crippen molar-refractivity contribution in [1.82, 2.24) is 0 Å². The lowest BCUT2D eigenvalue weighted by Gasteiger charge is -2.10. The molecule has 1 N–H and O–H groups in total. The average molecular weight is 315 g/mol. The van der Waals surface area contributed by atoms with Crippen LogP contribution >= 0.6 is 0 Å². The van der Waals surface area contributed by atoms with Crippen LogP contribution < -0.4 is 4.72 Å². The summed E-state index contributed by atoms with van der Waals surface area (Å²) in [6, 6.07) is 7.44. The molecule has 0 bridgehead atoms. The first kappa shape index (κ1) is 15.4. The van der Waals surface area contributed by atoms with E-state index in [1.807, 2.05) is 11.6 Å². The maximum Gasteiger partial charge on any atom is 0.261 e. The average Bonchev–Trinajstić information content (AvgIpc) is 2.48. The Morgan fingerprint density at radius 3 is 2.14 bits per heavy atom. The minimum absolute atomic E-state index is 0.0937. The van der Waals surface area contributed by atoms with Gasteiger partial charge in [0, 0.05) is 0 Å². The summed E-state index contributed by atoms with van der Waals surface area (Å²) >= 11 is 0. The molecule has 0 fully saturated rings. The molecule has 0 atom stereocenters. The van der Waals surface area contributed by atoms with Crippen molar-refractivity contribution >= 4 is 15.7 Å². The predicted octanol–water partition coefficient (Wildman–Crippen LogP) is 3.47. The summed E-state index contributed by atoms with van der Waals surface area (Å²) in [5.74, 6) is -4.69. The Morgan fingerprint density at radius 2 is 1.57 bits per heavy atom. The van der Waals surface area contributed by atoms with Gasteiger partial charge in [0.05, 0.1) is 10.6 Å².